The molecule has 2 heteroatoms. The summed E-state index contributed by atoms with van der Waals surface area (Å²) in [5, 5.41) is 0. The number of unbranched alkanes of at least 4 members (excludes halogenated alkanes) is 2. The van der Waals surface area contributed by atoms with Gasteiger partial charge < -0.3 is 4.74 Å². The van der Waals surface area contributed by atoms with Gasteiger partial charge in [0.2, 0.25) is 0 Å². The molecule has 1 heterocycles. The van der Waals surface area contributed by atoms with E-state index >= 15 is 0 Å². The summed E-state index contributed by atoms with van der Waals surface area (Å²) >= 11 is 0. The third-order valence-corrected chi connectivity index (χ3v) is 6.84. The van der Waals surface area contributed by atoms with Crippen LogP contribution in [0.25, 0.3) is 11.1 Å². The lowest BCUT2D eigenvalue weighted by Gasteiger charge is -2.33. The summed E-state index contributed by atoms with van der Waals surface area (Å²) in [5.74, 6) is 3.27. The molecule has 0 N–H and O–H groups in total. The van der Waals surface area contributed by atoms with Crippen LogP contribution in [-0.2, 0) is 0 Å². The first-order valence-corrected chi connectivity index (χ1v) is 11.9. The lowest BCUT2D eigenvalue weighted by molar-refractivity contribution is 0.237. The van der Waals surface area contributed by atoms with Crippen LogP contribution in [0.15, 0.2) is 42.7 Å². The molecule has 1 aromatic heterocycles. The van der Waals surface area contributed by atoms with Crippen molar-refractivity contribution in [2.24, 2.45) is 11.8 Å². The zero-order valence-corrected chi connectivity index (χ0v) is 18.7. The minimum Gasteiger partial charge on any atom is -0.493 e. The van der Waals surface area contributed by atoms with Gasteiger partial charge >= 0.3 is 0 Å². The van der Waals surface area contributed by atoms with Crippen molar-refractivity contribution in [3.8, 4) is 16.9 Å². The van der Waals surface area contributed by atoms with Crippen LogP contribution in [0.4, 0.5) is 0 Å². The summed E-state index contributed by atoms with van der Waals surface area (Å²) in [5.41, 5.74) is 3.90. The summed E-state index contributed by atoms with van der Waals surface area (Å²) in [6.45, 7) is 7.71. The van der Waals surface area contributed by atoms with Gasteiger partial charge in [-0.2, -0.15) is 0 Å². The van der Waals surface area contributed by atoms with Gasteiger partial charge in [-0.15, -0.1) is 0 Å². The highest BCUT2D eigenvalue weighted by atomic mass is 16.5. The number of aromatic nitrogens is 1. The number of ether oxygens (including phenoxy) is 1. The second kappa shape index (κ2) is 11.4. The molecule has 2 nitrogen and oxygen atoms in total. The number of hydrogen-bond donors (Lipinski definition) is 0. The van der Waals surface area contributed by atoms with Crippen LogP contribution in [0, 0.1) is 11.8 Å². The molecule has 1 saturated carbocycles. The Kier molecular flexibility index (Phi) is 8.58. The molecule has 1 atom stereocenters. The first-order chi connectivity index (χ1) is 14.2. The third-order valence-electron chi connectivity index (χ3n) is 6.84. The average Bonchev–Trinajstić information content (AvgIpc) is 2.78. The highest BCUT2D eigenvalue weighted by molar-refractivity contribution is 5.73. The van der Waals surface area contributed by atoms with E-state index in [1.165, 1.54) is 61.6 Å². The molecule has 29 heavy (non-hydrogen) atoms. The van der Waals surface area contributed by atoms with Crippen molar-refractivity contribution in [2.75, 3.05) is 6.61 Å². The number of hydrogen-bond acceptors (Lipinski definition) is 2. The Morgan fingerprint density at radius 1 is 0.966 bits per heavy atom. The summed E-state index contributed by atoms with van der Waals surface area (Å²) in [7, 11) is 0. The molecule has 0 amide bonds. The van der Waals surface area contributed by atoms with Crippen LogP contribution in [0.5, 0.6) is 5.75 Å². The summed E-state index contributed by atoms with van der Waals surface area (Å²) in [6, 6.07) is 10.7. The predicted molar refractivity (Wildman–Crippen MR) is 123 cm³/mol. The number of pyridine rings is 1. The van der Waals surface area contributed by atoms with Crippen LogP contribution in [-0.4, -0.2) is 11.6 Å². The van der Waals surface area contributed by atoms with E-state index < -0.39 is 0 Å². The Bertz CT molecular complexity index is 733. The predicted octanol–water partition coefficient (Wildman–Crippen LogP) is 8.03. The molecule has 1 fully saturated rings. The second-order valence-electron chi connectivity index (χ2n) is 8.87. The third kappa shape index (κ3) is 5.84. The zero-order chi connectivity index (χ0) is 20.5. The smallest absolute Gasteiger partial charge is 0.127 e. The van der Waals surface area contributed by atoms with Crippen molar-refractivity contribution < 1.29 is 4.74 Å². The topological polar surface area (TPSA) is 22.1 Å². The first kappa shape index (κ1) is 21.9. The normalized spacial score (nSPS) is 20.4. The zero-order valence-electron chi connectivity index (χ0n) is 18.7. The van der Waals surface area contributed by atoms with E-state index in [1.807, 2.05) is 6.20 Å². The minimum absolute atomic E-state index is 0.537. The van der Waals surface area contributed by atoms with Gasteiger partial charge in [-0.3, -0.25) is 4.98 Å². The minimum atomic E-state index is 0.537. The molecule has 0 aliphatic heterocycles. The van der Waals surface area contributed by atoms with Gasteiger partial charge in [0, 0.05) is 18.0 Å². The Labute approximate surface area is 178 Å². The summed E-state index contributed by atoms with van der Waals surface area (Å²) in [4.78, 5) is 4.51. The maximum atomic E-state index is 6.14. The number of nitrogens with zero attached hydrogens (tertiary/aromatic N) is 1. The Morgan fingerprint density at radius 3 is 2.48 bits per heavy atom. The Morgan fingerprint density at radius 2 is 1.72 bits per heavy atom. The van der Waals surface area contributed by atoms with Crippen molar-refractivity contribution in [3.63, 3.8) is 0 Å². The van der Waals surface area contributed by atoms with Crippen molar-refractivity contribution in [1.29, 1.82) is 0 Å². The molecule has 0 saturated heterocycles. The summed E-state index contributed by atoms with van der Waals surface area (Å²) < 4.78 is 6.14. The van der Waals surface area contributed by atoms with Crippen molar-refractivity contribution in [2.45, 2.75) is 84.5 Å². The molecule has 1 unspecified atom stereocenters. The molecule has 1 aliphatic carbocycles. The molecule has 1 aliphatic rings. The number of benzene rings is 1. The molecular formula is C27H39NO. The molecule has 0 spiro atoms. The highest BCUT2D eigenvalue weighted by Crippen LogP contribution is 2.43. The lowest BCUT2D eigenvalue weighted by Crippen LogP contribution is -2.19. The van der Waals surface area contributed by atoms with Crippen LogP contribution in [0.1, 0.15) is 90.0 Å². The van der Waals surface area contributed by atoms with Gasteiger partial charge in [0.1, 0.15) is 5.75 Å². The number of rotatable bonds is 10. The van der Waals surface area contributed by atoms with Gasteiger partial charge in [-0.05, 0) is 60.3 Å². The van der Waals surface area contributed by atoms with Crippen molar-refractivity contribution in [3.05, 3.63) is 48.3 Å². The van der Waals surface area contributed by atoms with E-state index in [4.69, 9.17) is 4.74 Å². The van der Waals surface area contributed by atoms with Gasteiger partial charge in [-0.1, -0.05) is 77.5 Å². The van der Waals surface area contributed by atoms with E-state index in [0.29, 0.717) is 5.92 Å². The molecule has 0 radical (unpaired) electrons. The highest BCUT2D eigenvalue weighted by Gasteiger charge is 2.27. The largest absolute Gasteiger partial charge is 0.493 e. The van der Waals surface area contributed by atoms with E-state index in [2.05, 4.69) is 62.3 Å². The Balaban J connectivity index is 1.76. The molecule has 3 rings (SSSR count). The molecular weight excluding hydrogens is 354 g/mol. The average molecular weight is 394 g/mol. The first-order valence-electron chi connectivity index (χ1n) is 11.9. The van der Waals surface area contributed by atoms with Gasteiger partial charge in [0.05, 0.1) is 6.61 Å². The van der Waals surface area contributed by atoms with E-state index in [1.54, 1.807) is 0 Å². The fourth-order valence-electron chi connectivity index (χ4n) is 4.88. The molecule has 158 valence electrons. The second-order valence-corrected chi connectivity index (χ2v) is 8.87. The molecule has 1 aromatic carbocycles. The fourth-order valence-corrected chi connectivity index (χ4v) is 4.88. The van der Waals surface area contributed by atoms with E-state index in [0.717, 1.165) is 37.0 Å². The van der Waals surface area contributed by atoms with E-state index in [9.17, 15) is 0 Å². The monoisotopic (exact) mass is 393 g/mol. The SMILES string of the molecule is CCCCOc1ccccc1-c1ccncc1C(C)C1CCC(CCCC)CC1. The Hall–Kier alpha value is -1.83. The van der Waals surface area contributed by atoms with Crippen molar-refractivity contribution >= 4 is 0 Å². The van der Waals surface area contributed by atoms with Gasteiger partial charge in [0.25, 0.3) is 0 Å². The quantitative estimate of drug-likeness (QED) is 0.381. The van der Waals surface area contributed by atoms with Crippen LogP contribution < -0.4 is 4.74 Å². The maximum Gasteiger partial charge on any atom is 0.127 e. The fraction of sp³-hybridized carbons (Fsp3) is 0.593. The standard InChI is InChI=1S/C27H39NO/c1-4-6-10-22-13-15-23(16-14-22)21(3)26-20-28-18-17-24(26)25-11-8-9-12-27(25)29-19-7-5-2/h8-9,11-12,17-18,20-23H,4-7,10,13-16,19H2,1-3H3. The molecule has 0 bridgehead atoms. The summed E-state index contributed by atoms with van der Waals surface area (Å²) in [6.07, 6.45) is 16.0. The van der Waals surface area contributed by atoms with Crippen LogP contribution in [0.2, 0.25) is 0 Å². The van der Waals surface area contributed by atoms with E-state index in [-0.39, 0.29) is 0 Å². The van der Waals surface area contributed by atoms with Crippen molar-refractivity contribution in [1.82, 2.24) is 4.98 Å². The van der Waals surface area contributed by atoms with Crippen LogP contribution in [0.3, 0.4) is 0 Å². The van der Waals surface area contributed by atoms with Gasteiger partial charge in [-0.25, -0.2) is 0 Å². The van der Waals surface area contributed by atoms with Crippen LogP contribution >= 0.6 is 0 Å². The van der Waals surface area contributed by atoms with Gasteiger partial charge in [0.15, 0.2) is 0 Å². The number of para-hydroxylation sites is 1. The lowest BCUT2D eigenvalue weighted by atomic mass is 9.72. The molecule has 2 aromatic rings. The maximum absolute atomic E-state index is 6.14.